The summed E-state index contributed by atoms with van der Waals surface area (Å²) in [5, 5.41) is 3.68. The van der Waals surface area contributed by atoms with Crippen LogP contribution in [-0.4, -0.2) is 12.6 Å². The summed E-state index contributed by atoms with van der Waals surface area (Å²) in [5.41, 5.74) is 0. The lowest BCUT2D eigenvalue weighted by Gasteiger charge is -2.37. The average Bonchev–Trinajstić information content (AvgIpc) is 2.38. The van der Waals surface area contributed by atoms with Crippen molar-refractivity contribution < 1.29 is 0 Å². The molecule has 0 amide bonds. The van der Waals surface area contributed by atoms with E-state index in [1.807, 2.05) is 0 Å². The maximum atomic E-state index is 3.68. The maximum absolute atomic E-state index is 3.68. The Morgan fingerprint density at radius 2 is 1.74 bits per heavy atom. The number of hydrogen-bond acceptors (Lipinski definition) is 1. The molecule has 1 rings (SSSR count). The van der Waals surface area contributed by atoms with Crippen molar-refractivity contribution in [3.63, 3.8) is 0 Å². The summed E-state index contributed by atoms with van der Waals surface area (Å²) in [7, 11) is 0. The summed E-state index contributed by atoms with van der Waals surface area (Å²) in [4.78, 5) is 0. The van der Waals surface area contributed by atoms with Gasteiger partial charge >= 0.3 is 0 Å². The number of rotatable bonds is 9. The fraction of sp³-hybridized carbons (Fsp3) is 1.00. The topological polar surface area (TPSA) is 12.0 Å². The van der Waals surface area contributed by atoms with Gasteiger partial charge in [-0.3, -0.25) is 0 Å². The molecular formula is C18H37N. The normalized spacial score (nSPS) is 27.9. The standard InChI is InChI=1S/C18H37N/c1-5-7-8-10-17-13-16(9-6-2)11-12-18(17)14-19-15(3)4/h15-19H,5-14H2,1-4H3. The zero-order chi connectivity index (χ0) is 14.1. The van der Waals surface area contributed by atoms with E-state index in [4.69, 9.17) is 0 Å². The van der Waals surface area contributed by atoms with E-state index in [-0.39, 0.29) is 0 Å². The Balaban J connectivity index is 2.42. The van der Waals surface area contributed by atoms with E-state index in [9.17, 15) is 0 Å². The molecule has 1 nitrogen and oxygen atoms in total. The molecule has 0 spiro atoms. The summed E-state index contributed by atoms with van der Waals surface area (Å²) in [6.07, 6.45) is 13.1. The lowest BCUT2D eigenvalue weighted by molar-refractivity contribution is 0.154. The highest BCUT2D eigenvalue weighted by Crippen LogP contribution is 2.38. The molecule has 1 fully saturated rings. The van der Waals surface area contributed by atoms with Crippen LogP contribution in [0.3, 0.4) is 0 Å². The highest BCUT2D eigenvalue weighted by Gasteiger charge is 2.29. The van der Waals surface area contributed by atoms with Gasteiger partial charge in [0.2, 0.25) is 0 Å². The van der Waals surface area contributed by atoms with Crippen molar-refractivity contribution in [3.8, 4) is 0 Å². The van der Waals surface area contributed by atoms with Crippen molar-refractivity contribution in [2.75, 3.05) is 6.54 Å². The van der Waals surface area contributed by atoms with Gasteiger partial charge in [-0.1, -0.05) is 72.6 Å². The molecule has 0 saturated heterocycles. The molecular weight excluding hydrogens is 230 g/mol. The number of unbranched alkanes of at least 4 members (excludes halogenated alkanes) is 2. The molecule has 0 aromatic carbocycles. The van der Waals surface area contributed by atoms with E-state index < -0.39 is 0 Å². The first-order valence-corrected chi connectivity index (χ1v) is 8.90. The fourth-order valence-corrected chi connectivity index (χ4v) is 3.76. The summed E-state index contributed by atoms with van der Waals surface area (Å²) < 4.78 is 0. The molecule has 0 aromatic rings. The molecule has 0 heterocycles. The first-order chi connectivity index (χ1) is 9.17. The zero-order valence-corrected chi connectivity index (χ0v) is 13.9. The van der Waals surface area contributed by atoms with Crippen LogP contribution in [0.25, 0.3) is 0 Å². The second-order valence-corrected chi connectivity index (χ2v) is 7.05. The lowest BCUT2D eigenvalue weighted by atomic mass is 9.71. The monoisotopic (exact) mass is 267 g/mol. The first-order valence-electron chi connectivity index (χ1n) is 8.90. The molecule has 114 valence electrons. The Labute approximate surface area is 121 Å². The predicted octanol–water partition coefficient (Wildman–Crippen LogP) is 5.40. The Morgan fingerprint density at radius 3 is 2.37 bits per heavy atom. The van der Waals surface area contributed by atoms with Crippen molar-refractivity contribution in [3.05, 3.63) is 0 Å². The van der Waals surface area contributed by atoms with Crippen molar-refractivity contribution in [1.29, 1.82) is 0 Å². The highest BCUT2D eigenvalue weighted by molar-refractivity contribution is 4.82. The molecule has 1 aliphatic carbocycles. The molecule has 0 aliphatic heterocycles. The highest BCUT2D eigenvalue weighted by atomic mass is 14.9. The molecule has 19 heavy (non-hydrogen) atoms. The number of hydrogen-bond donors (Lipinski definition) is 1. The Bertz CT molecular complexity index is 212. The van der Waals surface area contributed by atoms with E-state index in [2.05, 4.69) is 33.0 Å². The summed E-state index contributed by atoms with van der Waals surface area (Å²) >= 11 is 0. The molecule has 0 radical (unpaired) electrons. The van der Waals surface area contributed by atoms with Gasteiger partial charge in [0.25, 0.3) is 0 Å². The largest absolute Gasteiger partial charge is 0.314 e. The van der Waals surface area contributed by atoms with Crippen LogP contribution in [0.2, 0.25) is 0 Å². The van der Waals surface area contributed by atoms with Gasteiger partial charge in [-0.2, -0.15) is 0 Å². The third-order valence-corrected chi connectivity index (χ3v) is 4.91. The van der Waals surface area contributed by atoms with Gasteiger partial charge < -0.3 is 5.32 Å². The lowest BCUT2D eigenvalue weighted by Crippen LogP contribution is -2.36. The van der Waals surface area contributed by atoms with Crippen molar-refractivity contribution in [2.24, 2.45) is 17.8 Å². The van der Waals surface area contributed by atoms with Gasteiger partial charge in [-0.15, -0.1) is 0 Å². The minimum Gasteiger partial charge on any atom is -0.314 e. The van der Waals surface area contributed by atoms with Crippen LogP contribution in [0, 0.1) is 17.8 Å². The molecule has 1 heteroatoms. The third kappa shape index (κ3) is 6.79. The Morgan fingerprint density at radius 1 is 0.947 bits per heavy atom. The molecule has 1 saturated carbocycles. The SMILES string of the molecule is CCCCCC1CC(CCC)CCC1CNC(C)C. The summed E-state index contributed by atoms with van der Waals surface area (Å²) in [5.74, 6) is 2.99. The van der Waals surface area contributed by atoms with Crippen LogP contribution in [0.15, 0.2) is 0 Å². The van der Waals surface area contributed by atoms with Gasteiger partial charge in [0.15, 0.2) is 0 Å². The van der Waals surface area contributed by atoms with E-state index in [0.29, 0.717) is 6.04 Å². The van der Waals surface area contributed by atoms with Gasteiger partial charge in [0.05, 0.1) is 0 Å². The van der Waals surface area contributed by atoms with E-state index in [1.165, 1.54) is 64.3 Å². The van der Waals surface area contributed by atoms with Crippen molar-refractivity contribution in [1.82, 2.24) is 5.32 Å². The van der Waals surface area contributed by atoms with Gasteiger partial charge in [-0.25, -0.2) is 0 Å². The molecule has 0 aromatic heterocycles. The quantitative estimate of drug-likeness (QED) is 0.552. The van der Waals surface area contributed by atoms with Crippen LogP contribution >= 0.6 is 0 Å². The van der Waals surface area contributed by atoms with Crippen LogP contribution in [0.1, 0.15) is 85.5 Å². The summed E-state index contributed by atoms with van der Waals surface area (Å²) in [6, 6.07) is 0.643. The predicted molar refractivity (Wildman–Crippen MR) is 86.5 cm³/mol. The smallest absolute Gasteiger partial charge is 0.00104 e. The van der Waals surface area contributed by atoms with Crippen LogP contribution < -0.4 is 5.32 Å². The zero-order valence-electron chi connectivity index (χ0n) is 13.9. The molecule has 3 unspecified atom stereocenters. The maximum Gasteiger partial charge on any atom is 0.00104 e. The van der Waals surface area contributed by atoms with Crippen molar-refractivity contribution >= 4 is 0 Å². The third-order valence-electron chi connectivity index (χ3n) is 4.91. The van der Waals surface area contributed by atoms with Gasteiger partial charge in [0, 0.05) is 6.04 Å². The van der Waals surface area contributed by atoms with Gasteiger partial charge in [0.1, 0.15) is 0 Å². The minimum atomic E-state index is 0.643. The fourth-order valence-electron chi connectivity index (χ4n) is 3.76. The van der Waals surface area contributed by atoms with Gasteiger partial charge in [-0.05, 0) is 37.1 Å². The number of nitrogens with one attached hydrogen (secondary N) is 1. The average molecular weight is 268 g/mol. The van der Waals surface area contributed by atoms with Crippen LogP contribution in [0.4, 0.5) is 0 Å². The molecule has 0 bridgehead atoms. The van der Waals surface area contributed by atoms with E-state index in [0.717, 1.165) is 17.8 Å². The van der Waals surface area contributed by atoms with Crippen LogP contribution in [-0.2, 0) is 0 Å². The molecule has 1 N–H and O–H groups in total. The first kappa shape index (κ1) is 17.0. The summed E-state index contributed by atoms with van der Waals surface area (Å²) in [6.45, 7) is 10.5. The molecule has 3 atom stereocenters. The van der Waals surface area contributed by atoms with Crippen molar-refractivity contribution in [2.45, 2.75) is 91.5 Å². The Kier molecular flexibility index (Phi) is 8.77. The molecule has 1 aliphatic rings. The Hall–Kier alpha value is -0.0400. The second kappa shape index (κ2) is 9.80. The minimum absolute atomic E-state index is 0.643. The van der Waals surface area contributed by atoms with Crippen LogP contribution in [0.5, 0.6) is 0 Å². The second-order valence-electron chi connectivity index (χ2n) is 7.05. The van der Waals surface area contributed by atoms with E-state index >= 15 is 0 Å². The van der Waals surface area contributed by atoms with E-state index in [1.54, 1.807) is 0 Å².